The van der Waals surface area contributed by atoms with E-state index in [4.69, 9.17) is 12.2 Å². The van der Waals surface area contributed by atoms with Crippen LogP contribution in [0.4, 0.5) is 5.69 Å². The van der Waals surface area contributed by atoms with Gasteiger partial charge in [0.1, 0.15) is 0 Å². The number of hydrogen-bond donors (Lipinski definition) is 2. The molecule has 2 aromatic heterocycles. The summed E-state index contributed by atoms with van der Waals surface area (Å²) >= 11 is 8.94. The van der Waals surface area contributed by atoms with Crippen molar-refractivity contribution in [1.29, 1.82) is 0 Å². The van der Waals surface area contributed by atoms with Crippen LogP contribution in [0.25, 0.3) is 0 Å². The Morgan fingerprint density at radius 1 is 1.18 bits per heavy atom. The minimum atomic E-state index is 0.601. The molecule has 6 nitrogen and oxygen atoms in total. The van der Waals surface area contributed by atoms with E-state index < -0.39 is 0 Å². The number of thiocarbonyl (C=S) groups is 1. The van der Waals surface area contributed by atoms with Gasteiger partial charge in [-0.1, -0.05) is 29.8 Å². The minimum Gasteiger partial charge on any atom is -0.362 e. The third kappa shape index (κ3) is 5.42. The largest absolute Gasteiger partial charge is 0.362 e. The van der Waals surface area contributed by atoms with Gasteiger partial charge in [0.05, 0.1) is 28.6 Å². The fourth-order valence-corrected chi connectivity index (χ4v) is 3.40. The molecule has 28 heavy (non-hydrogen) atoms. The standard InChI is InChI=1S/C20H25BrN6S/c1-14-5-7-17(8-6-14)12-26-13-18(11-23-26)24-20(28)22-9-4-10-27-16(3)19(21)15(2)25-27/h5-8,11,13H,4,9-10,12H2,1-3H3,(H2,22,24,28). The molecule has 8 heteroatoms. The molecular weight excluding hydrogens is 436 g/mol. The molecule has 0 amide bonds. The highest BCUT2D eigenvalue weighted by molar-refractivity contribution is 9.10. The average Bonchev–Trinajstić information content (AvgIpc) is 3.20. The van der Waals surface area contributed by atoms with Crippen LogP contribution in [0.1, 0.15) is 28.9 Å². The van der Waals surface area contributed by atoms with E-state index in [1.807, 2.05) is 22.5 Å². The van der Waals surface area contributed by atoms with Crippen molar-refractivity contribution in [3.05, 3.63) is 63.6 Å². The van der Waals surface area contributed by atoms with E-state index in [-0.39, 0.29) is 0 Å². The Kier molecular flexibility index (Phi) is 6.85. The normalized spacial score (nSPS) is 10.9. The smallest absolute Gasteiger partial charge is 0.170 e. The zero-order chi connectivity index (χ0) is 20.1. The lowest BCUT2D eigenvalue weighted by molar-refractivity contribution is 0.558. The summed E-state index contributed by atoms with van der Waals surface area (Å²) in [5.74, 6) is 0. The molecule has 0 radical (unpaired) electrons. The number of rotatable bonds is 7. The first kappa shape index (κ1) is 20.5. The molecule has 2 heterocycles. The summed E-state index contributed by atoms with van der Waals surface area (Å²) in [6.07, 6.45) is 4.68. The van der Waals surface area contributed by atoms with E-state index >= 15 is 0 Å². The van der Waals surface area contributed by atoms with Crippen LogP contribution in [0.3, 0.4) is 0 Å². The summed E-state index contributed by atoms with van der Waals surface area (Å²) in [4.78, 5) is 0. The maximum atomic E-state index is 5.38. The summed E-state index contributed by atoms with van der Waals surface area (Å²) in [5.41, 5.74) is 5.53. The monoisotopic (exact) mass is 460 g/mol. The molecule has 1 aromatic carbocycles. The van der Waals surface area contributed by atoms with Gasteiger partial charge in [0, 0.05) is 25.0 Å². The van der Waals surface area contributed by atoms with Crippen molar-refractivity contribution in [3.63, 3.8) is 0 Å². The maximum absolute atomic E-state index is 5.38. The number of halogens is 1. The molecule has 0 saturated heterocycles. The van der Waals surface area contributed by atoms with Gasteiger partial charge < -0.3 is 10.6 Å². The van der Waals surface area contributed by atoms with Crippen LogP contribution in [-0.4, -0.2) is 31.2 Å². The van der Waals surface area contributed by atoms with Crippen molar-refractivity contribution in [2.24, 2.45) is 0 Å². The molecule has 0 atom stereocenters. The van der Waals surface area contributed by atoms with Crippen molar-refractivity contribution in [3.8, 4) is 0 Å². The number of benzene rings is 1. The van der Waals surface area contributed by atoms with E-state index in [1.54, 1.807) is 6.20 Å². The van der Waals surface area contributed by atoms with Gasteiger partial charge in [-0.25, -0.2) is 0 Å². The second kappa shape index (κ2) is 9.34. The Hall–Kier alpha value is -2.19. The van der Waals surface area contributed by atoms with E-state index in [0.717, 1.165) is 47.6 Å². The molecule has 0 aliphatic carbocycles. The maximum Gasteiger partial charge on any atom is 0.170 e. The first-order valence-corrected chi connectivity index (χ1v) is 10.4. The molecule has 0 saturated carbocycles. The zero-order valence-corrected chi connectivity index (χ0v) is 18.8. The predicted octanol–water partition coefficient (Wildman–Crippen LogP) is 4.19. The number of nitrogens with one attached hydrogen (secondary N) is 2. The summed E-state index contributed by atoms with van der Waals surface area (Å²) in [7, 11) is 0. The van der Waals surface area contributed by atoms with Crippen molar-refractivity contribution in [1.82, 2.24) is 24.9 Å². The van der Waals surface area contributed by atoms with Crippen LogP contribution >= 0.6 is 28.1 Å². The van der Waals surface area contributed by atoms with Crippen LogP contribution in [0.5, 0.6) is 0 Å². The van der Waals surface area contributed by atoms with Gasteiger partial charge in [-0.05, 0) is 60.9 Å². The van der Waals surface area contributed by atoms with E-state index in [0.29, 0.717) is 5.11 Å². The van der Waals surface area contributed by atoms with Gasteiger partial charge in [0.25, 0.3) is 0 Å². The molecular formula is C20H25BrN6S. The Bertz CT molecular complexity index is 944. The third-order valence-electron chi connectivity index (χ3n) is 4.48. The van der Waals surface area contributed by atoms with Gasteiger partial charge in [0.15, 0.2) is 5.11 Å². The topological polar surface area (TPSA) is 59.7 Å². The van der Waals surface area contributed by atoms with E-state index in [9.17, 15) is 0 Å². The number of aryl methyl sites for hydroxylation is 3. The van der Waals surface area contributed by atoms with Gasteiger partial charge in [-0.2, -0.15) is 10.2 Å². The first-order valence-electron chi connectivity index (χ1n) is 9.24. The van der Waals surface area contributed by atoms with Gasteiger partial charge in [-0.3, -0.25) is 9.36 Å². The minimum absolute atomic E-state index is 0.601. The Morgan fingerprint density at radius 2 is 1.93 bits per heavy atom. The molecule has 3 aromatic rings. The Morgan fingerprint density at radius 3 is 2.61 bits per heavy atom. The second-order valence-electron chi connectivity index (χ2n) is 6.85. The summed E-state index contributed by atoms with van der Waals surface area (Å²) in [6.45, 7) is 8.52. The number of anilines is 1. The lowest BCUT2D eigenvalue weighted by Gasteiger charge is -2.09. The van der Waals surface area contributed by atoms with E-state index in [1.165, 1.54) is 11.1 Å². The van der Waals surface area contributed by atoms with Gasteiger partial charge in [0.2, 0.25) is 0 Å². The molecule has 0 bridgehead atoms. The number of hydrogen-bond acceptors (Lipinski definition) is 3. The van der Waals surface area contributed by atoms with Crippen LogP contribution in [0.15, 0.2) is 41.1 Å². The highest BCUT2D eigenvalue weighted by Gasteiger charge is 2.08. The molecule has 0 unspecified atom stereocenters. The molecule has 0 spiro atoms. The SMILES string of the molecule is Cc1ccc(Cn2cc(NC(=S)NCCCn3nc(C)c(Br)c3C)cn2)cc1. The second-order valence-corrected chi connectivity index (χ2v) is 8.06. The molecule has 148 valence electrons. The van der Waals surface area contributed by atoms with Crippen molar-refractivity contribution in [2.45, 2.75) is 40.3 Å². The zero-order valence-electron chi connectivity index (χ0n) is 16.4. The van der Waals surface area contributed by atoms with Gasteiger partial charge in [-0.15, -0.1) is 0 Å². The number of nitrogens with zero attached hydrogens (tertiary/aromatic N) is 4. The summed E-state index contributed by atoms with van der Waals surface area (Å²) in [5, 5.41) is 15.9. The van der Waals surface area contributed by atoms with Crippen LogP contribution in [0.2, 0.25) is 0 Å². The third-order valence-corrected chi connectivity index (χ3v) is 5.88. The summed E-state index contributed by atoms with van der Waals surface area (Å²) < 4.78 is 5.00. The Balaban J connectivity index is 1.42. The fraction of sp³-hybridized carbons (Fsp3) is 0.350. The van der Waals surface area contributed by atoms with Crippen LogP contribution < -0.4 is 10.6 Å². The van der Waals surface area contributed by atoms with Gasteiger partial charge >= 0.3 is 0 Å². The lowest BCUT2D eigenvalue weighted by Crippen LogP contribution is -2.29. The van der Waals surface area contributed by atoms with Crippen molar-refractivity contribution in [2.75, 3.05) is 11.9 Å². The Labute approximate surface area is 179 Å². The highest BCUT2D eigenvalue weighted by Crippen LogP contribution is 2.19. The van der Waals surface area contributed by atoms with Crippen molar-refractivity contribution >= 4 is 38.9 Å². The average molecular weight is 461 g/mol. The molecule has 3 rings (SSSR count). The quantitative estimate of drug-likeness (QED) is 0.408. The fourth-order valence-electron chi connectivity index (χ4n) is 2.89. The number of aromatic nitrogens is 4. The lowest BCUT2D eigenvalue weighted by atomic mass is 10.1. The highest BCUT2D eigenvalue weighted by atomic mass is 79.9. The molecule has 0 aliphatic rings. The molecule has 2 N–H and O–H groups in total. The van der Waals surface area contributed by atoms with Crippen molar-refractivity contribution < 1.29 is 0 Å². The summed E-state index contributed by atoms with van der Waals surface area (Å²) in [6, 6.07) is 8.47. The van der Waals surface area contributed by atoms with Crippen LogP contribution in [-0.2, 0) is 13.1 Å². The van der Waals surface area contributed by atoms with E-state index in [2.05, 4.69) is 74.9 Å². The van der Waals surface area contributed by atoms with Crippen LogP contribution in [0, 0.1) is 20.8 Å². The molecule has 0 fully saturated rings. The molecule has 0 aliphatic heterocycles. The predicted molar refractivity (Wildman–Crippen MR) is 121 cm³/mol. The first-order chi connectivity index (χ1) is 13.4.